The van der Waals surface area contributed by atoms with Gasteiger partial charge < -0.3 is 5.32 Å². The minimum absolute atomic E-state index is 0.283. The molecular formula is C16H20ClN3S. The summed E-state index contributed by atoms with van der Waals surface area (Å²) in [5.41, 5.74) is 2.56. The summed E-state index contributed by atoms with van der Waals surface area (Å²) in [5.74, 6) is 1.15. The van der Waals surface area contributed by atoms with Crippen molar-refractivity contribution in [2.24, 2.45) is 0 Å². The highest BCUT2D eigenvalue weighted by Crippen LogP contribution is 2.38. The fraction of sp³-hybridized carbons (Fsp3) is 0.438. The molecule has 1 aromatic heterocycles. The van der Waals surface area contributed by atoms with E-state index in [1.807, 2.05) is 28.7 Å². The first-order valence-corrected chi connectivity index (χ1v) is 8.74. The van der Waals surface area contributed by atoms with Crippen LogP contribution in [0.1, 0.15) is 43.5 Å². The Balaban J connectivity index is 1.78. The van der Waals surface area contributed by atoms with Crippen LogP contribution in [0, 0.1) is 0 Å². The van der Waals surface area contributed by atoms with E-state index in [1.54, 1.807) is 0 Å². The maximum Gasteiger partial charge on any atom is 0.0537 e. The van der Waals surface area contributed by atoms with Crippen molar-refractivity contribution in [3.63, 3.8) is 0 Å². The SMILES string of the molecule is CCn1cc(C(C)NC2CCSc3ccc(Cl)cc32)cn1. The zero-order chi connectivity index (χ0) is 14.8. The van der Waals surface area contributed by atoms with E-state index in [0.29, 0.717) is 6.04 Å². The van der Waals surface area contributed by atoms with E-state index < -0.39 is 0 Å². The number of hydrogen-bond acceptors (Lipinski definition) is 3. The van der Waals surface area contributed by atoms with Crippen molar-refractivity contribution >= 4 is 23.4 Å². The lowest BCUT2D eigenvalue weighted by molar-refractivity contribution is 0.450. The van der Waals surface area contributed by atoms with Gasteiger partial charge in [0.15, 0.2) is 0 Å². The second-order valence-electron chi connectivity index (χ2n) is 5.39. The van der Waals surface area contributed by atoms with Crippen LogP contribution in [0.25, 0.3) is 0 Å². The lowest BCUT2D eigenvalue weighted by atomic mass is 10.0. The molecule has 0 bridgehead atoms. The zero-order valence-corrected chi connectivity index (χ0v) is 13.9. The average molecular weight is 322 g/mol. The number of hydrogen-bond donors (Lipinski definition) is 1. The summed E-state index contributed by atoms with van der Waals surface area (Å²) in [6.45, 7) is 5.21. The minimum atomic E-state index is 0.283. The van der Waals surface area contributed by atoms with Crippen molar-refractivity contribution < 1.29 is 0 Å². The molecule has 1 aromatic carbocycles. The number of halogens is 1. The number of aromatic nitrogens is 2. The Kier molecular flexibility index (Phi) is 4.57. The van der Waals surface area contributed by atoms with Gasteiger partial charge in [0.2, 0.25) is 0 Å². The molecule has 1 aliphatic rings. The van der Waals surface area contributed by atoms with Crippen molar-refractivity contribution in [2.45, 2.75) is 43.8 Å². The van der Waals surface area contributed by atoms with Crippen molar-refractivity contribution in [1.29, 1.82) is 0 Å². The van der Waals surface area contributed by atoms with E-state index in [0.717, 1.165) is 23.7 Å². The molecule has 5 heteroatoms. The number of rotatable bonds is 4. The molecule has 0 amide bonds. The number of nitrogens with one attached hydrogen (secondary N) is 1. The lowest BCUT2D eigenvalue weighted by Gasteiger charge is -2.28. The van der Waals surface area contributed by atoms with E-state index in [4.69, 9.17) is 11.6 Å². The molecule has 3 nitrogen and oxygen atoms in total. The number of benzene rings is 1. The third-order valence-electron chi connectivity index (χ3n) is 3.94. The quantitative estimate of drug-likeness (QED) is 0.902. The van der Waals surface area contributed by atoms with Gasteiger partial charge in [-0.3, -0.25) is 4.68 Å². The van der Waals surface area contributed by atoms with Crippen LogP contribution in [0.3, 0.4) is 0 Å². The summed E-state index contributed by atoms with van der Waals surface area (Å²) in [6, 6.07) is 6.86. The molecule has 0 aliphatic carbocycles. The Morgan fingerprint density at radius 2 is 2.38 bits per heavy atom. The highest BCUT2D eigenvalue weighted by molar-refractivity contribution is 7.99. The van der Waals surface area contributed by atoms with Gasteiger partial charge in [-0.1, -0.05) is 11.6 Å². The van der Waals surface area contributed by atoms with Gasteiger partial charge in [-0.05, 0) is 49.8 Å². The van der Waals surface area contributed by atoms with Gasteiger partial charge in [-0.25, -0.2) is 0 Å². The predicted octanol–water partition coefficient (Wildman–Crippen LogP) is 4.44. The third-order valence-corrected chi connectivity index (χ3v) is 5.30. The van der Waals surface area contributed by atoms with E-state index in [-0.39, 0.29) is 6.04 Å². The molecule has 112 valence electrons. The first kappa shape index (κ1) is 14.9. The van der Waals surface area contributed by atoms with Crippen LogP contribution in [0.2, 0.25) is 5.02 Å². The first-order valence-electron chi connectivity index (χ1n) is 7.38. The Morgan fingerprint density at radius 3 is 3.14 bits per heavy atom. The van der Waals surface area contributed by atoms with Gasteiger partial charge in [0.05, 0.1) is 6.20 Å². The molecule has 0 spiro atoms. The van der Waals surface area contributed by atoms with Crippen LogP contribution in [0.5, 0.6) is 0 Å². The second kappa shape index (κ2) is 6.42. The molecule has 0 saturated heterocycles. The van der Waals surface area contributed by atoms with E-state index in [9.17, 15) is 0 Å². The summed E-state index contributed by atoms with van der Waals surface area (Å²) in [7, 11) is 0. The smallest absolute Gasteiger partial charge is 0.0537 e. The van der Waals surface area contributed by atoms with E-state index >= 15 is 0 Å². The molecule has 0 saturated carbocycles. The Labute approximate surface area is 135 Å². The molecule has 0 radical (unpaired) electrons. The molecule has 21 heavy (non-hydrogen) atoms. The first-order chi connectivity index (χ1) is 10.2. The molecule has 0 fully saturated rings. The monoisotopic (exact) mass is 321 g/mol. The molecule has 2 unspecified atom stereocenters. The normalized spacial score (nSPS) is 19.3. The molecule has 2 heterocycles. The summed E-state index contributed by atoms with van der Waals surface area (Å²) in [4.78, 5) is 1.35. The molecule has 1 N–H and O–H groups in total. The highest BCUT2D eigenvalue weighted by Gasteiger charge is 2.23. The standard InChI is InChI=1S/C16H20ClN3S/c1-3-20-10-12(9-18-20)11(2)19-15-6-7-21-16-5-4-13(17)8-14(15)16/h4-5,8-11,15,19H,3,6-7H2,1-2H3. The Bertz CT molecular complexity index is 626. The third kappa shape index (κ3) is 3.28. The van der Waals surface area contributed by atoms with Crippen LogP contribution in [0.15, 0.2) is 35.5 Å². The van der Waals surface area contributed by atoms with Crippen molar-refractivity contribution in [2.75, 3.05) is 5.75 Å². The average Bonchev–Trinajstić information content (AvgIpc) is 2.97. The lowest BCUT2D eigenvalue weighted by Crippen LogP contribution is -2.27. The van der Waals surface area contributed by atoms with E-state index in [2.05, 4.69) is 42.6 Å². The number of nitrogens with zero attached hydrogens (tertiary/aromatic N) is 2. The van der Waals surface area contributed by atoms with Gasteiger partial charge in [0.25, 0.3) is 0 Å². The minimum Gasteiger partial charge on any atom is -0.303 e. The zero-order valence-electron chi connectivity index (χ0n) is 12.3. The number of aryl methyl sites for hydroxylation is 1. The van der Waals surface area contributed by atoms with Crippen LogP contribution in [-0.4, -0.2) is 15.5 Å². The van der Waals surface area contributed by atoms with Crippen LogP contribution in [0.4, 0.5) is 0 Å². The maximum atomic E-state index is 6.17. The van der Waals surface area contributed by atoms with Gasteiger partial charge in [0, 0.05) is 40.3 Å². The molecule has 1 aliphatic heterocycles. The van der Waals surface area contributed by atoms with Crippen molar-refractivity contribution in [1.82, 2.24) is 15.1 Å². The predicted molar refractivity (Wildman–Crippen MR) is 89.0 cm³/mol. The summed E-state index contributed by atoms with van der Waals surface area (Å²) >= 11 is 8.08. The van der Waals surface area contributed by atoms with Gasteiger partial charge in [-0.15, -0.1) is 11.8 Å². The van der Waals surface area contributed by atoms with Crippen LogP contribution < -0.4 is 5.32 Å². The fourth-order valence-electron chi connectivity index (χ4n) is 2.71. The van der Waals surface area contributed by atoms with E-state index in [1.165, 1.54) is 16.0 Å². The van der Waals surface area contributed by atoms with Crippen molar-refractivity contribution in [3.8, 4) is 0 Å². The molecular weight excluding hydrogens is 302 g/mol. The van der Waals surface area contributed by atoms with Crippen molar-refractivity contribution in [3.05, 3.63) is 46.7 Å². The summed E-state index contributed by atoms with van der Waals surface area (Å²) in [5, 5.41) is 8.90. The molecule has 2 atom stereocenters. The van der Waals surface area contributed by atoms with Gasteiger partial charge in [-0.2, -0.15) is 5.10 Å². The Hall–Kier alpha value is -0.970. The molecule has 2 aromatic rings. The van der Waals surface area contributed by atoms with Gasteiger partial charge in [0.1, 0.15) is 0 Å². The van der Waals surface area contributed by atoms with Crippen LogP contribution >= 0.6 is 23.4 Å². The highest BCUT2D eigenvalue weighted by atomic mass is 35.5. The summed E-state index contributed by atoms with van der Waals surface area (Å²) in [6.07, 6.45) is 5.20. The second-order valence-corrected chi connectivity index (χ2v) is 6.96. The number of fused-ring (bicyclic) bond motifs is 1. The maximum absolute atomic E-state index is 6.17. The topological polar surface area (TPSA) is 29.9 Å². The van der Waals surface area contributed by atoms with Gasteiger partial charge >= 0.3 is 0 Å². The summed E-state index contributed by atoms with van der Waals surface area (Å²) < 4.78 is 1.97. The number of thioether (sulfide) groups is 1. The van der Waals surface area contributed by atoms with Crippen LogP contribution in [-0.2, 0) is 6.54 Å². The molecule has 3 rings (SSSR count). The fourth-order valence-corrected chi connectivity index (χ4v) is 4.00. The Morgan fingerprint density at radius 1 is 1.52 bits per heavy atom. The largest absolute Gasteiger partial charge is 0.303 e.